The van der Waals surface area contributed by atoms with Crippen LogP contribution in [0.1, 0.15) is 11.8 Å². The molecule has 0 spiro atoms. The van der Waals surface area contributed by atoms with Gasteiger partial charge in [-0.3, -0.25) is 9.97 Å². The maximum Gasteiger partial charge on any atom is 0.117 e. The van der Waals surface area contributed by atoms with Crippen LogP contribution in [0.5, 0.6) is 0 Å². The topological polar surface area (TPSA) is 38.2 Å². The zero-order chi connectivity index (χ0) is 12.2. The van der Waals surface area contributed by atoms with Crippen LogP contribution in [0.2, 0.25) is 0 Å². The van der Waals surface area contributed by atoms with Crippen molar-refractivity contribution in [2.75, 3.05) is 24.6 Å². The highest BCUT2D eigenvalue weighted by atomic mass is 16.5. The standard InChI is InChI=1S/C14H15N3O/c1-2-6-16-13(3-1)14-11-17(9-10-18-14)12-4-7-15-8-5-12/h1-8,14H,9-11H2/t14-/m0/s1. The Bertz CT molecular complexity index is 443. The van der Waals surface area contributed by atoms with Gasteiger partial charge in [-0.15, -0.1) is 0 Å². The van der Waals surface area contributed by atoms with Crippen LogP contribution < -0.4 is 4.90 Å². The van der Waals surface area contributed by atoms with E-state index >= 15 is 0 Å². The molecule has 1 aliphatic rings. The van der Waals surface area contributed by atoms with E-state index in [9.17, 15) is 0 Å². The molecule has 1 aliphatic heterocycles. The maximum absolute atomic E-state index is 5.80. The van der Waals surface area contributed by atoms with E-state index in [2.05, 4.69) is 14.9 Å². The molecule has 4 heteroatoms. The highest BCUT2D eigenvalue weighted by Crippen LogP contribution is 2.24. The average Bonchev–Trinajstić information content (AvgIpc) is 2.49. The Morgan fingerprint density at radius 1 is 1.11 bits per heavy atom. The lowest BCUT2D eigenvalue weighted by atomic mass is 10.2. The minimum atomic E-state index is 0.0492. The molecular weight excluding hydrogens is 226 g/mol. The number of nitrogens with zero attached hydrogens (tertiary/aromatic N) is 3. The van der Waals surface area contributed by atoms with Gasteiger partial charge in [0.1, 0.15) is 6.10 Å². The first-order valence-electron chi connectivity index (χ1n) is 6.11. The van der Waals surface area contributed by atoms with Crippen LogP contribution in [0, 0.1) is 0 Å². The summed E-state index contributed by atoms with van der Waals surface area (Å²) in [5, 5.41) is 0. The molecule has 0 aliphatic carbocycles. The number of morpholine rings is 1. The molecule has 1 fully saturated rings. The zero-order valence-corrected chi connectivity index (χ0v) is 10.1. The van der Waals surface area contributed by atoms with Gasteiger partial charge in [0.25, 0.3) is 0 Å². The predicted octanol–water partition coefficient (Wildman–Crippen LogP) is 2.05. The van der Waals surface area contributed by atoms with Crippen molar-refractivity contribution in [3.05, 3.63) is 54.6 Å². The van der Waals surface area contributed by atoms with Crippen molar-refractivity contribution in [3.8, 4) is 0 Å². The van der Waals surface area contributed by atoms with Crippen molar-refractivity contribution in [1.82, 2.24) is 9.97 Å². The first-order valence-corrected chi connectivity index (χ1v) is 6.11. The fourth-order valence-electron chi connectivity index (χ4n) is 2.18. The fraction of sp³-hybridized carbons (Fsp3) is 0.286. The van der Waals surface area contributed by atoms with E-state index in [1.807, 2.05) is 48.9 Å². The smallest absolute Gasteiger partial charge is 0.117 e. The lowest BCUT2D eigenvalue weighted by molar-refractivity contribution is 0.0370. The highest BCUT2D eigenvalue weighted by molar-refractivity contribution is 5.45. The number of hydrogen-bond acceptors (Lipinski definition) is 4. The van der Waals surface area contributed by atoms with Crippen molar-refractivity contribution in [2.24, 2.45) is 0 Å². The molecule has 0 radical (unpaired) electrons. The van der Waals surface area contributed by atoms with Gasteiger partial charge in [-0.05, 0) is 24.3 Å². The van der Waals surface area contributed by atoms with Crippen molar-refractivity contribution in [3.63, 3.8) is 0 Å². The van der Waals surface area contributed by atoms with Gasteiger partial charge in [-0.2, -0.15) is 0 Å². The first-order chi connectivity index (χ1) is 8.93. The third kappa shape index (κ3) is 2.33. The second kappa shape index (κ2) is 5.14. The quantitative estimate of drug-likeness (QED) is 0.806. The van der Waals surface area contributed by atoms with Gasteiger partial charge in [0.2, 0.25) is 0 Å². The van der Waals surface area contributed by atoms with Crippen molar-refractivity contribution < 1.29 is 4.74 Å². The molecule has 0 aromatic carbocycles. The van der Waals surface area contributed by atoms with Crippen LogP contribution in [-0.2, 0) is 4.74 Å². The van der Waals surface area contributed by atoms with E-state index in [0.717, 1.165) is 25.4 Å². The molecular formula is C14H15N3O. The van der Waals surface area contributed by atoms with Crippen LogP contribution in [0.15, 0.2) is 48.9 Å². The lowest BCUT2D eigenvalue weighted by Gasteiger charge is -2.34. The van der Waals surface area contributed by atoms with Crippen LogP contribution >= 0.6 is 0 Å². The minimum Gasteiger partial charge on any atom is -0.368 e. The van der Waals surface area contributed by atoms with E-state index in [4.69, 9.17) is 4.74 Å². The monoisotopic (exact) mass is 241 g/mol. The Balaban J connectivity index is 1.77. The number of anilines is 1. The van der Waals surface area contributed by atoms with E-state index in [1.54, 1.807) is 0 Å². The number of hydrogen-bond donors (Lipinski definition) is 0. The zero-order valence-electron chi connectivity index (χ0n) is 10.1. The predicted molar refractivity (Wildman–Crippen MR) is 69.4 cm³/mol. The van der Waals surface area contributed by atoms with Gasteiger partial charge in [0.15, 0.2) is 0 Å². The van der Waals surface area contributed by atoms with Crippen LogP contribution in [0.4, 0.5) is 5.69 Å². The summed E-state index contributed by atoms with van der Waals surface area (Å²) in [6.07, 6.45) is 5.50. The molecule has 1 saturated heterocycles. The van der Waals surface area contributed by atoms with E-state index in [-0.39, 0.29) is 6.10 Å². The summed E-state index contributed by atoms with van der Waals surface area (Å²) in [4.78, 5) is 10.7. The van der Waals surface area contributed by atoms with Gasteiger partial charge in [0.05, 0.1) is 12.3 Å². The summed E-state index contributed by atoms with van der Waals surface area (Å²) in [7, 11) is 0. The Morgan fingerprint density at radius 3 is 2.78 bits per heavy atom. The Labute approximate surface area is 106 Å². The summed E-state index contributed by atoms with van der Waals surface area (Å²) in [5.74, 6) is 0. The van der Waals surface area contributed by atoms with Crippen LogP contribution in [-0.4, -0.2) is 29.7 Å². The van der Waals surface area contributed by atoms with Gasteiger partial charge in [0, 0.05) is 37.4 Å². The SMILES string of the molecule is c1ccc([C@@H]2CN(c3ccncc3)CCO2)nc1. The molecule has 3 rings (SSSR count). The van der Waals surface area contributed by atoms with Crippen LogP contribution in [0.3, 0.4) is 0 Å². The second-order valence-electron chi connectivity index (χ2n) is 4.27. The third-order valence-corrected chi connectivity index (χ3v) is 3.11. The van der Waals surface area contributed by atoms with Crippen LogP contribution in [0.25, 0.3) is 0 Å². The largest absolute Gasteiger partial charge is 0.368 e. The molecule has 0 unspecified atom stereocenters. The number of aromatic nitrogens is 2. The molecule has 18 heavy (non-hydrogen) atoms. The van der Waals surface area contributed by atoms with Gasteiger partial charge in [-0.25, -0.2) is 0 Å². The lowest BCUT2D eigenvalue weighted by Crippen LogP contribution is -2.38. The van der Waals surface area contributed by atoms with Gasteiger partial charge in [-0.1, -0.05) is 6.07 Å². The molecule has 4 nitrogen and oxygen atoms in total. The van der Waals surface area contributed by atoms with Crippen molar-refractivity contribution >= 4 is 5.69 Å². The second-order valence-corrected chi connectivity index (χ2v) is 4.27. The molecule has 92 valence electrons. The third-order valence-electron chi connectivity index (χ3n) is 3.11. The number of pyridine rings is 2. The normalized spacial score (nSPS) is 19.8. The fourth-order valence-corrected chi connectivity index (χ4v) is 2.18. The summed E-state index contributed by atoms with van der Waals surface area (Å²) in [6, 6.07) is 9.99. The Morgan fingerprint density at radius 2 is 2.00 bits per heavy atom. The van der Waals surface area contributed by atoms with Gasteiger partial charge < -0.3 is 9.64 Å². The Kier molecular flexibility index (Phi) is 3.19. The molecule has 0 N–H and O–H groups in total. The van der Waals surface area contributed by atoms with Crippen molar-refractivity contribution in [2.45, 2.75) is 6.10 Å². The molecule has 0 bridgehead atoms. The summed E-state index contributed by atoms with van der Waals surface area (Å²) < 4.78 is 5.80. The molecule has 0 saturated carbocycles. The Hall–Kier alpha value is -1.94. The summed E-state index contributed by atoms with van der Waals surface area (Å²) >= 11 is 0. The summed E-state index contributed by atoms with van der Waals surface area (Å²) in [6.45, 7) is 2.47. The molecule has 3 heterocycles. The molecule has 1 atom stereocenters. The molecule has 2 aromatic heterocycles. The highest BCUT2D eigenvalue weighted by Gasteiger charge is 2.22. The maximum atomic E-state index is 5.80. The number of ether oxygens (including phenoxy) is 1. The minimum absolute atomic E-state index is 0.0492. The first kappa shape index (κ1) is 11.2. The van der Waals surface area contributed by atoms with E-state index in [0.29, 0.717) is 0 Å². The number of rotatable bonds is 2. The van der Waals surface area contributed by atoms with Gasteiger partial charge >= 0.3 is 0 Å². The van der Waals surface area contributed by atoms with Crippen molar-refractivity contribution in [1.29, 1.82) is 0 Å². The van der Waals surface area contributed by atoms with E-state index < -0.39 is 0 Å². The average molecular weight is 241 g/mol. The molecule has 0 amide bonds. The van der Waals surface area contributed by atoms with E-state index in [1.165, 1.54) is 5.69 Å². The molecule has 2 aromatic rings. The summed E-state index contributed by atoms with van der Waals surface area (Å²) in [5.41, 5.74) is 2.19.